The van der Waals surface area contributed by atoms with Crippen molar-refractivity contribution >= 4 is 10.8 Å². The standard InChI is InChI=1S/C16H21NO/c1-10(2)15-8-13-7-6-12(5)16(18)14(13)9-17(15)11(3)4/h6-11H,1-5H3/p+1. The molecule has 0 radical (unpaired) electrons. The molecule has 1 N–H and O–H groups in total. The summed E-state index contributed by atoms with van der Waals surface area (Å²) in [5.74, 6) is 0.873. The van der Waals surface area contributed by atoms with Gasteiger partial charge in [0.1, 0.15) is 5.75 Å². The molecular formula is C16H22NO+. The first-order valence-corrected chi connectivity index (χ1v) is 6.59. The smallest absolute Gasteiger partial charge is 0.184 e. The topological polar surface area (TPSA) is 24.1 Å². The lowest BCUT2D eigenvalue weighted by molar-refractivity contribution is -0.722. The van der Waals surface area contributed by atoms with Gasteiger partial charge >= 0.3 is 0 Å². The molecule has 0 amide bonds. The van der Waals surface area contributed by atoms with E-state index in [0.29, 0.717) is 17.7 Å². The molecule has 2 nitrogen and oxygen atoms in total. The molecule has 0 atom stereocenters. The third-order valence-corrected chi connectivity index (χ3v) is 3.47. The minimum absolute atomic E-state index is 0.395. The maximum atomic E-state index is 10.2. The van der Waals surface area contributed by atoms with Crippen LogP contribution in [0.5, 0.6) is 5.75 Å². The number of aryl methyl sites for hydroxylation is 1. The van der Waals surface area contributed by atoms with Gasteiger partial charge in [-0.15, -0.1) is 0 Å². The van der Waals surface area contributed by atoms with Gasteiger partial charge in [-0.05, 0) is 31.7 Å². The Balaban J connectivity index is 2.81. The fourth-order valence-electron chi connectivity index (χ4n) is 2.35. The maximum absolute atomic E-state index is 10.2. The number of rotatable bonds is 2. The minimum atomic E-state index is 0.395. The number of hydrogen-bond donors (Lipinski definition) is 1. The van der Waals surface area contributed by atoms with Crippen molar-refractivity contribution < 1.29 is 9.67 Å². The molecule has 0 spiro atoms. The Morgan fingerprint density at radius 3 is 2.33 bits per heavy atom. The first kappa shape index (κ1) is 12.9. The lowest BCUT2D eigenvalue weighted by Crippen LogP contribution is -2.40. The van der Waals surface area contributed by atoms with Gasteiger partial charge in [0, 0.05) is 12.0 Å². The van der Waals surface area contributed by atoms with Crippen LogP contribution >= 0.6 is 0 Å². The molecule has 0 saturated carbocycles. The Morgan fingerprint density at radius 1 is 1.11 bits per heavy atom. The van der Waals surface area contributed by atoms with E-state index in [2.05, 4.69) is 50.6 Å². The van der Waals surface area contributed by atoms with Gasteiger partial charge in [-0.1, -0.05) is 26.0 Å². The second kappa shape index (κ2) is 4.60. The molecule has 1 aromatic heterocycles. The number of pyridine rings is 1. The van der Waals surface area contributed by atoms with E-state index in [1.165, 1.54) is 5.69 Å². The zero-order valence-electron chi connectivity index (χ0n) is 11.9. The number of benzene rings is 1. The van der Waals surface area contributed by atoms with E-state index < -0.39 is 0 Å². The molecule has 2 rings (SSSR count). The summed E-state index contributed by atoms with van der Waals surface area (Å²) >= 11 is 0. The summed E-state index contributed by atoms with van der Waals surface area (Å²) in [6.07, 6.45) is 2.08. The lowest BCUT2D eigenvalue weighted by atomic mass is 10.0. The SMILES string of the molecule is Cc1ccc2cc(C(C)C)[n+](C(C)C)cc2c1O. The number of nitrogens with zero attached hydrogens (tertiary/aromatic N) is 1. The highest BCUT2D eigenvalue weighted by molar-refractivity contribution is 5.88. The summed E-state index contributed by atoms with van der Waals surface area (Å²) in [4.78, 5) is 0. The summed E-state index contributed by atoms with van der Waals surface area (Å²) in [5, 5.41) is 12.2. The maximum Gasteiger partial charge on any atom is 0.184 e. The highest BCUT2D eigenvalue weighted by atomic mass is 16.3. The number of aromatic nitrogens is 1. The molecule has 18 heavy (non-hydrogen) atoms. The van der Waals surface area contributed by atoms with Crippen LogP contribution in [-0.2, 0) is 0 Å². The average molecular weight is 244 g/mol. The van der Waals surface area contributed by atoms with Gasteiger partial charge in [0.05, 0.1) is 5.39 Å². The molecule has 0 aliphatic rings. The average Bonchev–Trinajstić information content (AvgIpc) is 2.32. The molecular weight excluding hydrogens is 222 g/mol. The summed E-state index contributed by atoms with van der Waals surface area (Å²) in [5.41, 5.74) is 2.23. The van der Waals surface area contributed by atoms with Gasteiger partial charge in [-0.2, -0.15) is 4.57 Å². The number of phenols is 1. The van der Waals surface area contributed by atoms with Crippen LogP contribution < -0.4 is 4.57 Å². The Morgan fingerprint density at radius 2 is 1.78 bits per heavy atom. The third kappa shape index (κ3) is 2.07. The van der Waals surface area contributed by atoms with Crippen molar-refractivity contribution in [3.8, 4) is 5.75 Å². The fraction of sp³-hybridized carbons (Fsp3) is 0.438. The molecule has 1 heterocycles. The van der Waals surface area contributed by atoms with Crippen molar-refractivity contribution in [1.29, 1.82) is 0 Å². The Kier molecular flexibility index (Phi) is 3.29. The summed E-state index contributed by atoms with van der Waals surface area (Å²) < 4.78 is 2.26. The van der Waals surface area contributed by atoms with Crippen LogP contribution in [0.25, 0.3) is 10.8 Å². The Bertz CT molecular complexity index is 585. The monoisotopic (exact) mass is 244 g/mol. The lowest BCUT2D eigenvalue weighted by Gasteiger charge is -2.12. The van der Waals surface area contributed by atoms with Crippen LogP contribution in [0, 0.1) is 6.92 Å². The van der Waals surface area contributed by atoms with Crippen molar-refractivity contribution in [2.24, 2.45) is 0 Å². The molecule has 96 valence electrons. The molecule has 0 aliphatic heterocycles. The molecule has 0 bridgehead atoms. The Hall–Kier alpha value is -1.57. The molecule has 0 fully saturated rings. The zero-order chi connectivity index (χ0) is 13.4. The molecule has 2 heteroatoms. The van der Waals surface area contributed by atoms with Crippen LogP contribution in [0.3, 0.4) is 0 Å². The molecule has 1 aromatic carbocycles. The van der Waals surface area contributed by atoms with Crippen molar-refractivity contribution in [2.75, 3.05) is 0 Å². The number of aromatic hydroxyl groups is 1. The van der Waals surface area contributed by atoms with Gasteiger partial charge in [0.2, 0.25) is 0 Å². The van der Waals surface area contributed by atoms with E-state index in [1.807, 2.05) is 13.0 Å². The molecule has 0 aliphatic carbocycles. The van der Waals surface area contributed by atoms with E-state index in [1.54, 1.807) is 0 Å². The van der Waals surface area contributed by atoms with E-state index in [9.17, 15) is 5.11 Å². The first-order chi connectivity index (χ1) is 8.41. The van der Waals surface area contributed by atoms with E-state index in [0.717, 1.165) is 16.3 Å². The van der Waals surface area contributed by atoms with E-state index in [-0.39, 0.29) is 0 Å². The van der Waals surface area contributed by atoms with Crippen LogP contribution in [0.1, 0.15) is 50.9 Å². The highest BCUT2D eigenvalue weighted by Gasteiger charge is 2.20. The summed E-state index contributed by atoms with van der Waals surface area (Å²) in [6, 6.07) is 6.65. The summed E-state index contributed by atoms with van der Waals surface area (Å²) in [6.45, 7) is 10.7. The normalized spacial score (nSPS) is 11.7. The van der Waals surface area contributed by atoms with Crippen molar-refractivity contribution in [1.82, 2.24) is 0 Å². The van der Waals surface area contributed by atoms with Gasteiger partial charge in [-0.25, -0.2) is 0 Å². The largest absolute Gasteiger partial charge is 0.507 e. The number of phenolic OH excluding ortho intramolecular Hbond substituents is 1. The molecule has 0 unspecified atom stereocenters. The van der Waals surface area contributed by atoms with Gasteiger partial charge in [0.15, 0.2) is 17.9 Å². The van der Waals surface area contributed by atoms with E-state index in [4.69, 9.17) is 0 Å². The van der Waals surface area contributed by atoms with Crippen LogP contribution in [-0.4, -0.2) is 5.11 Å². The first-order valence-electron chi connectivity index (χ1n) is 6.59. The van der Waals surface area contributed by atoms with Gasteiger partial charge in [0.25, 0.3) is 0 Å². The minimum Gasteiger partial charge on any atom is -0.507 e. The van der Waals surface area contributed by atoms with Crippen molar-refractivity contribution in [3.63, 3.8) is 0 Å². The zero-order valence-corrected chi connectivity index (χ0v) is 11.9. The fourth-order valence-corrected chi connectivity index (χ4v) is 2.35. The quantitative estimate of drug-likeness (QED) is 0.797. The third-order valence-electron chi connectivity index (χ3n) is 3.47. The predicted molar refractivity (Wildman–Crippen MR) is 75.0 cm³/mol. The second-order valence-electron chi connectivity index (χ2n) is 5.59. The Labute approximate surface area is 109 Å². The second-order valence-corrected chi connectivity index (χ2v) is 5.59. The number of fused-ring (bicyclic) bond motifs is 1. The molecule has 0 saturated heterocycles. The van der Waals surface area contributed by atoms with Crippen LogP contribution in [0.2, 0.25) is 0 Å². The van der Waals surface area contributed by atoms with Gasteiger partial charge < -0.3 is 5.11 Å². The van der Waals surface area contributed by atoms with Crippen molar-refractivity contribution in [2.45, 2.75) is 46.6 Å². The number of hydrogen-bond acceptors (Lipinski definition) is 1. The predicted octanol–water partition coefficient (Wildman–Crippen LogP) is 3.85. The highest BCUT2D eigenvalue weighted by Crippen LogP contribution is 2.29. The molecule has 2 aromatic rings. The summed E-state index contributed by atoms with van der Waals surface area (Å²) in [7, 11) is 0. The van der Waals surface area contributed by atoms with E-state index >= 15 is 0 Å². The van der Waals surface area contributed by atoms with Crippen LogP contribution in [0.15, 0.2) is 24.4 Å². The van der Waals surface area contributed by atoms with Gasteiger partial charge in [-0.3, -0.25) is 0 Å². The van der Waals surface area contributed by atoms with Crippen molar-refractivity contribution in [3.05, 3.63) is 35.7 Å². The van der Waals surface area contributed by atoms with Crippen LogP contribution in [0.4, 0.5) is 0 Å².